The van der Waals surface area contributed by atoms with Crippen LogP contribution in [0.4, 0.5) is 5.69 Å². The SMILES string of the molecule is CC1=CC(C)(C)N(C(=O)c2ccccc2)c2c1ccc1ccccc21. The van der Waals surface area contributed by atoms with Crippen molar-refractivity contribution in [3.63, 3.8) is 0 Å². The zero-order valence-electron chi connectivity index (χ0n) is 14.8. The summed E-state index contributed by atoms with van der Waals surface area (Å²) < 4.78 is 0. The van der Waals surface area contributed by atoms with Crippen molar-refractivity contribution < 1.29 is 4.79 Å². The number of allylic oxidation sites excluding steroid dienone is 1. The first-order valence-electron chi connectivity index (χ1n) is 8.60. The van der Waals surface area contributed by atoms with Crippen molar-refractivity contribution in [1.82, 2.24) is 0 Å². The van der Waals surface area contributed by atoms with E-state index in [4.69, 9.17) is 0 Å². The van der Waals surface area contributed by atoms with Crippen LogP contribution < -0.4 is 4.90 Å². The highest BCUT2D eigenvalue weighted by atomic mass is 16.2. The highest BCUT2D eigenvalue weighted by Gasteiger charge is 2.37. The van der Waals surface area contributed by atoms with Gasteiger partial charge in [-0.25, -0.2) is 0 Å². The van der Waals surface area contributed by atoms with Gasteiger partial charge < -0.3 is 0 Å². The first-order chi connectivity index (χ1) is 12.0. The van der Waals surface area contributed by atoms with E-state index in [-0.39, 0.29) is 5.91 Å². The number of anilines is 1. The van der Waals surface area contributed by atoms with Crippen molar-refractivity contribution in [1.29, 1.82) is 0 Å². The Kier molecular flexibility index (Phi) is 3.50. The van der Waals surface area contributed by atoms with E-state index in [0.717, 1.165) is 22.0 Å². The van der Waals surface area contributed by atoms with Crippen LogP contribution in [0.3, 0.4) is 0 Å². The fourth-order valence-corrected chi connectivity index (χ4v) is 3.85. The largest absolute Gasteiger partial charge is 0.298 e. The number of carbonyl (C=O) groups excluding carboxylic acids is 1. The lowest BCUT2D eigenvalue weighted by Gasteiger charge is -2.42. The third kappa shape index (κ3) is 2.45. The molecule has 0 aliphatic carbocycles. The predicted octanol–water partition coefficient (Wildman–Crippen LogP) is 5.68. The Bertz CT molecular complexity index is 999. The number of nitrogens with zero attached hydrogens (tertiary/aromatic N) is 1. The second-order valence-electron chi connectivity index (χ2n) is 7.17. The van der Waals surface area contributed by atoms with Crippen LogP contribution in [0, 0.1) is 0 Å². The zero-order chi connectivity index (χ0) is 17.6. The van der Waals surface area contributed by atoms with Crippen molar-refractivity contribution in [3.05, 3.63) is 83.9 Å². The highest BCUT2D eigenvalue weighted by molar-refractivity contribution is 6.15. The molecule has 2 nitrogen and oxygen atoms in total. The summed E-state index contributed by atoms with van der Waals surface area (Å²) in [6.07, 6.45) is 2.19. The van der Waals surface area contributed by atoms with Gasteiger partial charge in [-0.1, -0.05) is 60.7 Å². The molecule has 1 heterocycles. The quantitative estimate of drug-likeness (QED) is 0.563. The second kappa shape index (κ2) is 5.59. The maximum absolute atomic E-state index is 13.4. The van der Waals surface area contributed by atoms with Gasteiger partial charge in [-0.2, -0.15) is 0 Å². The van der Waals surface area contributed by atoms with Crippen LogP contribution in [-0.2, 0) is 0 Å². The number of hydrogen-bond donors (Lipinski definition) is 0. The minimum absolute atomic E-state index is 0.0342. The first-order valence-corrected chi connectivity index (χ1v) is 8.60. The Morgan fingerprint density at radius 2 is 1.56 bits per heavy atom. The molecule has 0 atom stereocenters. The van der Waals surface area contributed by atoms with E-state index in [1.165, 1.54) is 5.57 Å². The van der Waals surface area contributed by atoms with Gasteiger partial charge in [0.25, 0.3) is 5.91 Å². The molecule has 1 aliphatic rings. The van der Waals surface area contributed by atoms with Gasteiger partial charge in [0.1, 0.15) is 0 Å². The minimum atomic E-state index is -0.395. The van der Waals surface area contributed by atoms with Crippen LogP contribution in [0.15, 0.2) is 72.8 Å². The monoisotopic (exact) mass is 327 g/mol. The Labute approximate surface area is 148 Å². The molecule has 25 heavy (non-hydrogen) atoms. The molecule has 0 saturated heterocycles. The molecule has 0 spiro atoms. The summed E-state index contributed by atoms with van der Waals surface area (Å²) in [5.74, 6) is 0.0342. The summed E-state index contributed by atoms with van der Waals surface area (Å²) in [6.45, 7) is 6.32. The average molecular weight is 327 g/mol. The van der Waals surface area contributed by atoms with Gasteiger partial charge in [0, 0.05) is 16.5 Å². The molecule has 0 saturated carbocycles. The molecule has 0 fully saturated rings. The molecule has 1 amide bonds. The van der Waals surface area contributed by atoms with Crippen molar-refractivity contribution in [2.75, 3.05) is 4.90 Å². The number of amides is 1. The Hall–Kier alpha value is -2.87. The van der Waals surface area contributed by atoms with Gasteiger partial charge >= 0.3 is 0 Å². The van der Waals surface area contributed by atoms with Crippen LogP contribution in [0.5, 0.6) is 0 Å². The van der Waals surface area contributed by atoms with E-state index in [1.807, 2.05) is 47.4 Å². The standard InChI is InChI=1S/C23H21NO/c1-16-15-23(2,3)24(22(25)18-10-5-4-6-11-18)21-19(16)14-13-17-9-7-8-12-20(17)21/h4-15H,1-3H3. The molecule has 2 heteroatoms. The lowest BCUT2D eigenvalue weighted by molar-refractivity contribution is 0.0970. The number of hydrogen-bond acceptors (Lipinski definition) is 1. The maximum atomic E-state index is 13.4. The van der Waals surface area contributed by atoms with Crippen molar-refractivity contribution >= 4 is 27.9 Å². The number of rotatable bonds is 1. The minimum Gasteiger partial charge on any atom is -0.298 e. The molecule has 0 unspecified atom stereocenters. The number of carbonyl (C=O) groups is 1. The van der Waals surface area contributed by atoms with E-state index in [0.29, 0.717) is 5.56 Å². The van der Waals surface area contributed by atoms with Gasteiger partial charge in [-0.15, -0.1) is 0 Å². The molecular formula is C23H21NO. The van der Waals surface area contributed by atoms with Gasteiger partial charge in [-0.05, 0) is 43.9 Å². The van der Waals surface area contributed by atoms with E-state index in [2.05, 4.69) is 51.1 Å². The molecule has 0 radical (unpaired) electrons. The predicted molar refractivity (Wildman–Crippen MR) is 105 cm³/mol. The van der Waals surface area contributed by atoms with E-state index >= 15 is 0 Å². The third-order valence-electron chi connectivity index (χ3n) is 4.92. The summed E-state index contributed by atoms with van der Waals surface area (Å²) in [5.41, 5.74) is 3.67. The zero-order valence-corrected chi connectivity index (χ0v) is 14.8. The Morgan fingerprint density at radius 3 is 2.32 bits per heavy atom. The maximum Gasteiger partial charge on any atom is 0.259 e. The highest BCUT2D eigenvalue weighted by Crippen LogP contribution is 2.43. The van der Waals surface area contributed by atoms with E-state index in [9.17, 15) is 4.79 Å². The van der Waals surface area contributed by atoms with Crippen molar-refractivity contribution in [2.45, 2.75) is 26.3 Å². The summed E-state index contributed by atoms with van der Waals surface area (Å²) in [7, 11) is 0. The third-order valence-corrected chi connectivity index (χ3v) is 4.92. The second-order valence-corrected chi connectivity index (χ2v) is 7.17. The normalized spacial score (nSPS) is 15.6. The van der Waals surface area contributed by atoms with Crippen molar-refractivity contribution in [2.24, 2.45) is 0 Å². The molecule has 124 valence electrons. The van der Waals surface area contributed by atoms with Crippen LogP contribution >= 0.6 is 0 Å². The first kappa shape index (κ1) is 15.6. The smallest absolute Gasteiger partial charge is 0.259 e. The molecule has 0 N–H and O–H groups in total. The number of benzene rings is 3. The molecule has 3 aromatic carbocycles. The Morgan fingerprint density at radius 1 is 0.880 bits per heavy atom. The van der Waals surface area contributed by atoms with Gasteiger partial charge in [0.15, 0.2) is 0 Å². The molecule has 3 aromatic rings. The topological polar surface area (TPSA) is 20.3 Å². The van der Waals surface area contributed by atoms with Crippen LogP contribution in [-0.4, -0.2) is 11.4 Å². The molecule has 0 aromatic heterocycles. The van der Waals surface area contributed by atoms with Crippen LogP contribution in [0.1, 0.15) is 36.7 Å². The summed E-state index contributed by atoms with van der Waals surface area (Å²) >= 11 is 0. The molecular weight excluding hydrogens is 306 g/mol. The van der Waals surface area contributed by atoms with Crippen LogP contribution in [0.2, 0.25) is 0 Å². The fraction of sp³-hybridized carbons (Fsp3) is 0.174. The van der Waals surface area contributed by atoms with E-state index in [1.54, 1.807) is 0 Å². The Balaban J connectivity index is 2.02. The molecule has 1 aliphatic heterocycles. The summed E-state index contributed by atoms with van der Waals surface area (Å²) in [4.78, 5) is 15.4. The summed E-state index contributed by atoms with van der Waals surface area (Å²) in [6, 6.07) is 22.1. The van der Waals surface area contributed by atoms with Crippen molar-refractivity contribution in [3.8, 4) is 0 Å². The van der Waals surface area contributed by atoms with Crippen LogP contribution in [0.25, 0.3) is 16.3 Å². The molecule has 0 bridgehead atoms. The van der Waals surface area contributed by atoms with Gasteiger partial charge in [0.05, 0.1) is 11.2 Å². The lowest BCUT2D eigenvalue weighted by atomic mass is 9.86. The fourth-order valence-electron chi connectivity index (χ4n) is 3.85. The lowest BCUT2D eigenvalue weighted by Crippen LogP contribution is -2.49. The van der Waals surface area contributed by atoms with Gasteiger partial charge in [0.2, 0.25) is 0 Å². The van der Waals surface area contributed by atoms with E-state index < -0.39 is 5.54 Å². The number of fused-ring (bicyclic) bond motifs is 3. The summed E-state index contributed by atoms with van der Waals surface area (Å²) in [5, 5.41) is 2.27. The average Bonchev–Trinajstić information content (AvgIpc) is 2.61. The molecule has 4 rings (SSSR count). The van der Waals surface area contributed by atoms with Gasteiger partial charge in [-0.3, -0.25) is 9.69 Å².